The van der Waals surface area contributed by atoms with E-state index in [0.29, 0.717) is 29.2 Å². The van der Waals surface area contributed by atoms with E-state index in [2.05, 4.69) is 5.32 Å². The van der Waals surface area contributed by atoms with Crippen molar-refractivity contribution >= 4 is 39.1 Å². The van der Waals surface area contributed by atoms with Crippen LogP contribution in [0.4, 0.5) is 5.69 Å². The number of halogens is 1. The molecule has 9 heteroatoms. The summed E-state index contributed by atoms with van der Waals surface area (Å²) in [5.74, 6) is -0.824. The van der Waals surface area contributed by atoms with Gasteiger partial charge in [0, 0.05) is 18.1 Å². The van der Waals surface area contributed by atoms with Crippen molar-refractivity contribution in [2.75, 3.05) is 17.4 Å². The minimum Gasteiger partial charge on any atom is -0.355 e. The minimum atomic E-state index is -4.08. The summed E-state index contributed by atoms with van der Waals surface area (Å²) in [4.78, 5) is 28.3. The van der Waals surface area contributed by atoms with Crippen LogP contribution in [-0.4, -0.2) is 44.3 Å². The first kappa shape index (κ1) is 28.2. The molecule has 0 radical (unpaired) electrons. The molecule has 0 bridgehead atoms. The zero-order chi connectivity index (χ0) is 27.0. The summed E-state index contributed by atoms with van der Waals surface area (Å²) < 4.78 is 28.6. The molecule has 1 atom stereocenters. The van der Waals surface area contributed by atoms with Gasteiger partial charge in [0.15, 0.2) is 0 Å². The molecule has 0 fully saturated rings. The first-order chi connectivity index (χ1) is 17.7. The van der Waals surface area contributed by atoms with Gasteiger partial charge in [-0.25, -0.2) is 8.42 Å². The third-order valence-corrected chi connectivity index (χ3v) is 8.12. The number of hydrogen-bond donors (Lipinski definition) is 1. The Balaban J connectivity index is 2.04. The van der Waals surface area contributed by atoms with Crippen LogP contribution in [0.5, 0.6) is 0 Å². The molecule has 1 N–H and O–H groups in total. The van der Waals surface area contributed by atoms with Crippen molar-refractivity contribution in [1.82, 2.24) is 10.2 Å². The summed E-state index contributed by atoms with van der Waals surface area (Å²) >= 11 is 6.38. The Kier molecular flexibility index (Phi) is 9.72. The molecule has 3 aromatic carbocycles. The fraction of sp³-hybridized carbons (Fsp3) is 0.286. The quantitative estimate of drug-likeness (QED) is 0.378. The second-order valence-electron chi connectivity index (χ2n) is 8.59. The lowest BCUT2D eigenvalue weighted by molar-refractivity contribution is -0.140. The summed E-state index contributed by atoms with van der Waals surface area (Å²) in [5, 5.41) is 3.24. The average molecular weight is 542 g/mol. The number of anilines is 1. The van der Waals surface area contributed by atoms with E-state index in [1.807, 2.05) is 13.8 Å². The number of para-hydroxylation sites is 1. The molecule has 0 aliphatic rings. The number of likely N-dealkylation sites (N-methyl/N-ethyl adjacent to an activating group) is 1. The molecule has 2 amide bonds. The van der Waals surface area contributed by atoms with Gasteiger partial charge in [-0.2, -0.15) is 0 Å². The Morgan fingerprint density at radius 3 is 2.14 bits per heavy atom. The number of carbonyl (C=O) groups is 2. The van der Waals surface area contributed by atoms with Crippen molar-refractivity contribution in [3.05, 3.63) is 95.0 Å². The molecule has 0 saturated carbocycles. The van der Waals surface area contributed by atoms with Gasteiger partial charge in [0.1, 0.15) is 12.6 Å². The predicted molar refractivity (Wildman–Crippen MR) is 147 cm³/mol. The fourth-order valence-electron chi connectivity index (χ4n) is 3.98. The van der Waals surface area contributed by atoms with E-state index in [1.165, 1.54) is 17.0 Å². The van der Waals surface area contributed by atoms with Gasteiger partial charge < -0.3 is 10.2 Å². The van der Waals surface area contributed by atoms with Gasteiger partial charge in [0.25, 0.3) is 10.0 Å². The van der Waals surface area contributed by atoms with E-state index in [-0.39, 0.29) is 17.3 Å². The maximum absolute atomic E-state index is 13.9. The van der Waals surface area contributed by atoms with Crippen LogP contribution in [0.15, 0.2) is 83.8 Å². The Labute approximate surface area is 224 Å². The zero-order valence-corrected chi connectivity index (χ0v) is 22.8. The zero-order valence-electron chi connectivity index (χ0n) is 21.2. The minimum absolute atomic E-state index is 0.0569. The molecule has 37 heavy (non-hydrogen) atoms. The van der Waals surface area contributed by atoms with Crippen LogP contribution in [0, 0.1) is 6.92 Å². The molecule has 0 heterocycles. The smallest absolute Gasteiger partial charge is 0.264 e. The molecular weight excluding hydrogens is 510 g/mol. The molecule has 0 saturated heterocycles. The van der Waals surface area contributed by atoms with Gasteiger partial charge in [0.05, 0.1) is 10.6 Å². The van der Waals surface area contributed by atoms with Gasteiger partial charge >= 0.3 is 0 Å². The molecule has 3 aromatic rings. The summed E-state index contributed by atoms with van der Waals surface area (Å²) in [6, 6.07) is 21.2. The Bertz CT molecular complexity index is 1310. The number of rotatable bonds is 11. The highest BCUT2D eigenvalue weighted by Gasteiger charge is 2.33. The standard InChI is InChI=1S/C28H32ClN3O4S/c1-4-26(28(34)30-5-2)31(19-22-11-9-10-14-25(22)29)27(33)20-32(23-12-7-6-8-13-23)37(35,36)24-17-15-21(3)16-18-24/h6-18,26H,4-5,19-20H2,1-3H3,(H,30,34)/t26-/m0/s1. The fourth-order valence-corrected chi connectivity index (χ4v) is 5.59. The Hall–Kier alpha value is -3.36. The number of hydrogen-bond acceptors (Lipinski definition) is 4. The summed E-state index contributed by atoms with van der Waals surface area (Å²) in [7, 11) is -4.08. The van der Waals surface area contributed by atoms with Crippen molar-refractivity contribution < 1.29 is 18.0 Å². The number of aryl methyl sites for hydroxylation is 1. The van der Waals surface area contributed by atoms with Crippen LogP contribution in [0.2, 0.25) is 5.02 Å². The van der Waals surface area contributed by atoms with Gasteiger partial charge in [-0.05, 0) is 56.2 Å². The summed E-state index contributed by atoms with van der Waals surface area (Å²) in [5.41, 5.74) is 1.92. The van der Waals surface area contributed by atoms with Crippen LogP contribution in [0.3, 0.4) is 0 Å². The normalized spacial score (nSPS) is 12.0. The van der Waals surface area contributed by atoms with Crippen LogP contribution < -0.4 is 9.62 Å². The third-order valence-electron chi connectivity index (χ3n) is 5.97. The SMILES string of the molecule is CCNC(=O)[C@H](CC)N(Cc1ccccc1Cl)C(=O)CN(c1ccccc1)S(=O)(=O)c1ccc(C)cc1. The molecular formula is C28H32ClN3O4S. The summed E-state index contributed by atoms with van der Waals surface area (Å²) in [6.45, 7) is 5.46. The van der Waals surface area contributed by atoms with Gasteiger partial charge in [0.2, 0.25) is 11.8 Å². The monoisotopic (exact) mass is 541 g/mol. The first-order valence-corrected chi connectivity index (χ1v) is 14.0. The maximum Gasteiger partial charge on any atom is 0.264 e. The van der Waals surface area contributed by atoms with E-state index >= 15 is 0 Å². The van der Waals surface area contributed by atoms with Gasteiger partial charge in [-0.15, -0.1) is 0 Å². The number of carbonyl (C=O) groups excluding carboxylic acids is 2. The maximum atomic E-state index is 13.9. The van der Waals surface area contributed by atoms with Crippen LogP contribution >= 0.6 is 11.6 Å². The van der Waals surface area contributed by atoms with Crippen molar-refractivity contribution in [2.24, 2.45) is 0 Å². The van der Waals surface area contributed by atoms with Crippen molar-refractivity contribution in [3.8, 4) is 0 Å². The Morgan fingerprint density at radius 2 is 1.54 bits per heavy atom. The Morgan fingerprint density at radius 1 is 0.919 bits per heavy atom. The van der Waals surface area contributed by atoms with E-state index in [0.717, 1.165) is 9.87 Å². The van der Waals surface area contributed by atoms with Gasteiger partial charge in [-0.1, -0.05) is 72.6 Å². The largest absolute Gasteiger partial charge is 0.355 e. The molecule has 0 unspecified atom stereocenters. The number of nitrogens with one attached hydrogen (secondary N) is 1. The topological polar surface area (TPSA) is 86.8 Å². The van der Waals surface area contributed by atoms with Crippen molar-refractivity contribution in [2.45, 2.75) is 44.7 Å². The predicted octanol–water partition coefficient (Wildman–Crippen LogP) is 4.79. The van der Waals surface area contributed by atoms with Crippen LogP contribution in [-0.2, 0) is 26.2 Å². The molecule has 196 valence electrons. The number of benzene rings is 3. The average Bonchev–Trinajstić information content (AvgIpc) is 2.89. The lowest BCUT2D eigenvalue weighted by Gasteiger charge is -2.33. The highest BCUT2D eigenvalue weighted by molar-refractivity contribution is 7.92. The van der Waals surface area contributed by atoms with E-state index in [9.17, 15) is 18.0 Å². The first-order valence-electron chi connectivity index (χ1n) is 12.1. The molecule has 0 aliphatic carbocycles. The highest BCUT2D eigenvalue weighted by Crippen LogP contribution is 2.25. The highest BCUT2D eigenvalue weighted by atomic mass is 35.5. The van der Waals surface area contributed by atoms with Crippen molar-refractivity contribution in [1.29, 1.82) is 0 Å². The number of sulfonamides is 1. The van der Waals surface area contributed by atoms with Crippen molar-refractivity contribution in [3.63, 3.8) is 0 Å². The van der Waals surface area contributed by atoms with Crippen LogP contribution in [0.1, 0.15) is 31.4 Å². The molecule has 3 rings (SSSR count). The number of nitrogens with zero attached hydrogens (tertiary/aromatic N) is 2. The molecule has 0 aromatic heterocycles. The molecule has 0 aliphatic heterocycles. The number of amides is 2. The van der Waals surface area contributed by atoms with Gasteiger partial charge in [-0.3, -0.25) is 13.9 Å². The van der Waals surface area contributed by atoms with Crippen LogP contribution in [0.25, 0.3) is 0 Å². The second kappa shape index (κ2) is 12.7. The third kappa shape index (κ3) is 6.90. The molecule has 0 spiro atoms. The lowest BCUT2D eigenvalue weighted by atomic mass is 10.1. The molecule has 7 nitrogen and oxygen atoms in total. The van der Waals surface area contributed by atoms with E-state index in [1.54, 1.807) is 73.7 Å². The summed E-state index contributed by atoms with van der Waals surface area (Å²) in [6.07, 6.45) is 0.345. The lowest BCUT2D eigenvalue weighted by Crippen LogP contribution is -2.52. The second-order valence-corrected chi connectivity index (χ2v) is 10.9. The van der Waals surface area contributed by atoms with E-state index < -0.39 is 28.5 Å². The van der Waals surface area contributed by atoms with E-state index in [4.69, 9.17) is 11.6 Å².